The molecule has 0 unspecified atom stereocenters. The maximum Gasteiger partial charge on any atom is 0.254 e. The average molecular weight is 417 g/mol. The molecule has 1 aliphatic heterocycles. The molecule has 4 rings (SSSR count). The maximum atomic E-state index is 13.3. The van der Waals surface area contributed by atoms with Crippen LogP contribution in [-0.2, 0) is 19.5 Å². The van der Waals surface area contributed by atoms with Crippen LogP contribution in [0.1, 0.15) is 54.5 Å². The van der Waals surface area contributed by atoms with E-state index >= 15 is 0 Å². The van der Waals surface area contributed by atoms with Gasteiger partial charge in [-0.2, -0.15) is 5.10 Å². The second-order valence-corrected chi connectivity index (χ2v) is 8.54. The lowest BCUT2D eigenvalue weighted by Crippen LogP contribution is -2.37. The number of hydrogen-bond acceptors (Lipinski definition) is 3. The lowest BCUT2D eigenvalue weighted by Gasteiger charge is -2.29. The van der Waals surface area contributed by atoms with Gasteiger partial charge in [0.25, 0.3) is 5.91 Å². The molecule has 0 fully saturated rings. The molecular formula is C26H32N4O. The molecule has 0 atom stereocenters. The summed E-state index contributed by atoms with van der Waals surface area (Å²) in [6.45, 7) is 9.94. The number of benzene rings is 2. The highest BCUT2D eigenvalue weighted by molar-refractivity contribution is 5.94. The maximum absolute atomic E-state index is 13.3. The fraction of sp³-hybridized carbons (Fsp3) is 0.385. The van der Waals surface area contributed by atoms with Gasteiger partial charge in [-0.15, -0.1) is 0 Å². The summed E-state index contributed by atoms with van der Waals surface area (Å²) in [5.41, 5.74) is 5.39. The summed E-state index contributed by atoms with van der Waals surface area (Å²) in [6.07, 6.45) is 2.12. The van der Waals surface area contributed by atoms with E-state index in [1.807, 2.05) is 41.3 Å². The molecule has 0 spiro atoms. The molecule has 1 aliphatic rings. The molecule has 1 amide bonds. The van der Waals surface area contributed by atoms with E-state index < -0.39 is 0 Å². The fourth-order valence-electron chi connectivity index (χ4n) is 4.36. The molecule has 0 saturated carbocycles. The van der Waals surface area contributed by atoms with Crippen molar-refractivity contribution < 1.29 is 4.79 Å². The van der Waals surface area contributed by atoms with Crippen molar-refractivity contribution in [3.8, 4) is 5.69 Å². The Bertz CT molecular complexity index is 1010. The normalized spacial score (nSPS) is 13.9. The SMILES string of the molecule is CCCN1CCc2c(c(CN(C(=O)c3ccccc3)C(C)C)nn2-c2ccccc2)C1. The Hall–Kier alpha value is -2.92. The van der Waals surface area contributed by atoms with Gasteiger partial charge in [-0.3, -0.25) is 9.69 Å². The first kappa shape index (κ1) is 21.3. The highest BCUT2D eigenvalue weighted by Crippen LogP contribution is 2.27. The van der Waals surface area contributed by atoms with E-state index in [0.717, 1.165) is 49.4 Å². The molecule has 2 heterocycles. The second-order valence-electron chi connectivity index (χ2n) is 8.54. The first-order chi connectivity index (χ1) is 15.1. The number of amides is 1. The van der Waals surface area contributed by atoms with E-state index in [1.54, 1.807) is 0 Å². The highest BCUT2D eigenvalue weighted by Gasteiger charge is 2.28. The van der Waals surface area contributed by atoms with E-state index in [2.05, 4.69) is 54.6 Å². The molecule has 5 heteroatoms. The van der Waals surface area contributed by atoms with Crippen molar-refractivity contribution >= 4 is 5.91 Å². The molecule has 0 N–H and O–H groups in total. The third-order valence-corrected chi connectivity index (χ3v) is 5.99. The van der Waals surface area contributed by atoms with Gasteiger partial charge in [-0.05, 0) is 51.1 Å². The zero-order chi connectivity index (χ0) is 21.8. The average Bonchev–Trinajstić information content (AvgIpc) is 3.16. The van der Waals surface area contributed by atoms with Gasteiger partial charge < -0.3 is 4.90 Å². The monoisotopic (exact) mass is 416 g/mol. The summed E-state index contributed by atoms with van der Waals surface area (Å²) in [6, 6.07) is 20.0. The van der Waals surface area contributed by atoms with Crippen LogP contribution in [0.5, 0.6) is 0 Å². The zero-order valence-electron chi connectivity index (χ0n) is 18.8. The van der Waals surface area contributed by atoms with Crippen LogP contribution in [0.4, 0.5) is 0 Å². The number of rotatable bonds is 7. The largest absolute Gasteiger partial charge is 0.330 e. The van der Waals surface area contributed by atoms with Gasteiger partial charge in [-0.1, -0.05) is 43.3 Å². The topological polar surface area (TPSA) is 41.4 Å². The summed E-state index contributed by atoms with van der Waals surface area (Å²) >= 11 is 0. The Morgan fingerprint density at radius 2 is 1.74 bits per heavy atom. The zero-order valence-corrected chi connectivity index (χ0v) is 18.8. The molecular weight excluding hydrogens is 384 g/mol. The fourth-order valence-corrected chi connectivity index (χ4v) is 4.36. The predicted octanol–water partition coefficient (Wildman–Crippen LogP) is 4.69. The molecule has 3 aromatic rings. The third kappa shape index (κ3) is 4.57. The van der Waals surface area contributed by atoms with E-state index in [0.29, 0.717) is 6.54 Å². The van der Waals surface area contributed by atoms with Crippen LogP contribution >= 0.6 is 0 Å². The lowest BCUT2D eigenvalue weighted by atomic mass is 10.0. The molecule has 0 bridgehead atoms. The number of para-hydroxylation sites is 1. The summed E-state index contributed by atoms with van der Waals surface area (Å²) in [4.78, 5) is 17.7. The van der Waals surface area contributed by atoms with Crippen LogP contribution in [-0.4, -0.2) is 44.6 Å². The molecule has 5 nitrogen and oxygen atoms in total. The Morgan fingerprint density at radius 1 is 1.06 bits per heavy atom. The molecule has 0 radical (unpaired) electrons. The first-order valence-electron chi connectivity index (χ1n) is 11.3. The van der Waals surface area contributed by atoms with Crippen molar-refractivity contribution in [3.63, 3.8) is 0 Å². The van der Waals surface area contributed by atoms with Crippen LogP contribution in [0, 0.1) is 0 Å². The summed E-state index contributed by atoms with van der Waals surface area (Å²) in [5, 5.41) is 5.05. The third-order valence-electron chi connectivity index (χ3n) is 5.99. The molecule has 2 aromatic carbocycles. The summed E-state index contributed by atoms with van der Waals surface area (Å²) in [5.74, 6) is 0.0554. The summed E-state index contributed by atoms with van der Waals surface area (Å²) in [7, 11) is 0. The smallest absolute Gasteiger partial charge is 0.254 e. The Balaban J connectivity index is 1.71. The minimum atomic E-state index is 0.0554. The Labute approximate surface area is 185 Å². The van der Waals surface area contributed by atoms with Crippen LogP contribution in [0.25, 0.3) is 5.69 Å². The van der Waals surface area contributed by atoms with Crippen molar-refractivity contribution in [2.24, 2.45) is 0 Å². The van der Waals surface area contributed by atoms with Crippen molar-refractivity contribution in [3.05, 3.63) is 83.2 Å². The molecule has 0 saturated heterocycles. The van der Waals surface area contributed by atoms with Gasteiger partial charge >= 0.3 is 0 Å². The van der Waals surface area contributed by atoms with Crippen molar-refractivity contribution in [2.45, 2.75) is 52.7 Å². The number of fused-ring (bicyclic) bond motifs is 1. The summed E-state index contributed by atoms with van der Waals surface area (Å²) < 4.78 is 2.10. The quantitative estimate of drug-likeness (QED) is 0.561. The number of carbonyl (C=O) groups is 1. The highest BCUT2D eigenvalue weighted by atomic mass is 16.2. The standard InChI is InChI=1S/C26H32N4O/c1-4-16-28-17-15-25-23(18-28)24(27-30(25)22-13-9-6-10-14-22)19-29(20(2)3)26(31)21-11-7-5-8-12-21/h5-14,20H,4,15-19H2,1-3H3. The minimum Gasteiger partial charge on any atom is -0.330 e. The van der Waals surface area contributed by atoms with E-state index in [4.69, 9.17) is 5.10 Å². The van der Waals surface area contributed by atoms with Gasteiger partial charge in [0, 0.05) is 36.7 Å². The molecule has 1 aromatic heterocycles. The van der Waals surface area contributed by atoms with E-state index in [-0.39, 0.29) is 11.9 Å². The molecule has 162 valence electrons. The molecule has 0 aliphatic carbocycles. The van der Waals surface area contributed by atoms with Gasteiger partial charge in [0.05, 0.1) is 23.6 Å². The van der Waals surface area contributed by atoms with Crippen LogP contribution in [0.3, 0.4) is 0 Å². The van der Waals surface area contributed by atoms with Gasteiger partial charge in [0.1, 0.15) is 0 Å². The number of nitrogens with zero attached hydrogens (tertiary/aromatic N) is 4. The number of carbonyl (C=O) groups excluding carboxylic acids is 1. The van der Waals surface area contributed by atoms with E-state index in [1.165, 1.54) is 11.3 Å². The Kier molecular flexibility index (Phi) is 6.52. The minimum absolute atomic E-state index is 0.0554. The van der Waals surface area contributed by atoms with Gasteiger partial charge in [-0.25, -0.2) is 4.68 Å². The van der Waals surface area contributed by atoms with Crippen molar-refractivity contribution in [1.82, 2.24) is 19.6 Å². The van der Waals surface area contributed by atoms with Crippen molar-refractivity contribution in [2.75, 3.05) is 13.1 Å². The van der Waals surface area contributed by atoms with Gasteiger partial charge in [0.15, 0.2) is 0 Å². The second kappa shape index (κ2) is 9.48. The van der Waals surface area contributed by atoms with Crippen LogP contribution < -0.4 is 0 Å². The number of hydrogen-bond donors (Lipinski definition) is 0. The lowest BCUT2D eigenvalue weighted by molar-refractivity contribution is 0.0686. The van der Waals surface area contributed by atoms with Crippen LogP contribution in [0.15, 0.2) is 60.7 Å². The predicted molar refractivity (Wildman–Crippen MR) is 124 cm³/mol. The first-order valence-corrected chi connectivity index (χ1v) is 11.3. The molecule has 31 heavy (non-hydrogen) atoms. The Morgan fingerprint density at radius 3 is 2.39 bits per heavy atom. The van der Waals surface area contributed by atoms with Gasteiger partial charge in [0.2, 0.25) is 0 Å². The van der Waals surface area contributed by atoms with Crippen LogP contribution in [0.2, 0.25) is 0 Å². The number of aromatic nitrogens is 2. The van der Waals surface area contributed by atoms with E-state index in [9.17, 15) is 4.79 Å². The van der Waals surface area contributed by atoms with Crippen molar-refractivity contribution in [1.29, 1.82) is 0 Å².